The van der Waals surface area contributed by atoms with E-state index in [2.05, 4.69) is 30.7 Å². The molecule has 9 nitrogen and oxygen atoms in total. The van der Waals surface area contributed by atoms with E-state index < -0.39 is 7.14 Å². The SMILES string of the molecule is Cc1c(-c2cnc(Nc3cc(NC(=O)C4CC4)ncn3)c(P(C)(C)=O)c2)cnn1C. The first-order chi connectivity index (χ1) is 14.2. The van der Waals surface area contributed by atoms with Crippen LogP contribution in [0.15, 0.2) is 30.9 Å². The number of aromatic nitrogens is 5. The van der Waals surface area contributed by atoms with Gasteiger partial charge < -0.3 is 15.2 Å². The molecule has 3 aromatic rings. The second-order valence-electron chi connectivity index (χ2n) is 7.89. The molecule has 0 atom stereocenters. The van der Waals surface area contributed by atoms with E-state index in [0.29, 0.717) is 22.8 Å². The first-order valence-corrected chi connectivity index (χ1v) is 12.3. The number of carbonyl (C=O) groups is 1. The van der Waals surface area contributed by atoms with E-state index in [0.717, 1.165) is 29.7 Å². The van der Waals surface area contributed by atoms with Crippen LogP contribution in [0.2, 0.25) is 0 Å². The molecule has 1 aliphatic rings. The van der Waals surface area contributed by atoms with Gasteiger partial charge in [0.1, 0.15) is 30.9 Å². The van der Waals surface area contributed by atoms with E-state index in [1.54, 1.807) is 36.5 Å². The van der Waals surface area contributed by atoms with Gasteiger partial charge in [0.05, 0.1) is 11.5 Å². The monoisotopic (exact) mass is 425 g/mol. The van der Waals surface area contributed by atoms with E-state index in [-0.39, 0.29) is 11.8 Å². The standard InChI is InChI=1S/C20H24N7O2P/c1-12-15(10-24-27(12)2)14-7-16(30(3,4)29)19(21-9-14)25-17-8-18(23-11-22-17)26-20(28)13-5-6-13/h7-11,13H,5-6H2,1-4H3,(H2,21,22,23,25,26,28). The quantitative estimate of drug-likeness (QED) is 0.584. The Morgan fingerprint density at radius 1 is 1.13 bits per heavy atom. The Morgan fingerprint density at radius 2 is 1.87 bits per heavy atom. The van der Waals surface area contributed by atoms with Crippen LogP contribution in [0.3, 0.4) is 0 Å². The number of anilines is 3. The van der Waals surface area contributed by atoms with Crippen molar-refractivity contribution in [2.45, 2.75) is 19.8 Å². The summed E-state index contributed by atoms with van der Waals surface area (Å²) in [5.41, 5.74) is 2.79. The van der Waals surface area contributed by atoms with Gasteiger partial charge in [-0.25, -0.2) is 15.0 Å². The molecule has 1 saturated carbocycles. The van der Waals surface area contributed by atoms with Crippen LogP contribution >= 0.6 is 7.14 Å². The van der Waals surface area contributed by atoms with Gasteiger partial charge in [0.15, 0.2) is 0 Å². The molecule has 1 amide bonds. The fourth-order valence-electron chi connectivity index (χ4n) is 3.08. The maximum Gasteiger partial charge on any atom is 0.228 e. The molecule has 3 aromatic heterocycles. The molecule has 156 valence electrons. The van der Waals surface area contributed by atoms with Gasteiger partial charge >= 0.3 is 0 Å². The van der Waals surface area contributed by atoms with Crippen LogP contribution in [0, 0.1) is 12.8 Å². The Bertz CT molecular complexity index is 1160. The van der Waals surface area contributed by atoms with Crippen LogP contribution in [0.25, 0.3) is 11.1 Å². The highest BCUT2D eigenvalue weighted by Crippen LogP contribution is 2.39. The molecule has 0 radical (unpaired) electrons. The number of aryl methyl sites for hydroxylation is 1. The number of rotatable bonds is 6. The summed E-state index contributed by atoms with van der Waals surface area (Å²) in [6, 6.07) is 3.53. The van der Waals surface area contributed by atoms with Crippen molar-refractivity contribution in [1.29, 1.82) is 0 Å². The van der Waals surface area contributed by atoms with Crippen LogP contribution < -0.4 is 15.9 Å². The van der Waals surface area contributed by atoms with Crippen molar-refractivity contribution in [1.82, 2.24) is 24.7 Å². The van der Waals surface area contributed by atoms with Crippen LogP contribution in [0.4, 0.5) is 17.5 Å². The molecule has 0 unspecified atom stereocenters. The Labute approximate surface area is 174 Å². The highest BCUT2D eigenvalue weighted by Gasteiger charge is 2.30. The van der Waals surface area contributed by atoms with E-state index >= 15 is 0 Å². The summed E-state index contributed by atoms with van der Waals surface area (Å²) < 4.78 is 14.8. The number of amides is 1. The number of nitrogens with zero attached hydrogens (tertiary/aromatic N) is 5. The van der Waals surface area contributed by atoms with Crippen LogP contribution in [-0.2, 0) is 16.4 Å². The fraction of sp³-hybridized carbons (Fsp3) is 0.350. The smallest absolute Gasteiger partial charge is 0.228 e. The summed E-state index contributed by atoms with van der Waals surface area (Å²) in [6.07, 6.45) is 6.71. The van der Waals surface area contributed by atoms with E-state index in [1.165, 1.54) is 6.33 Å². The highest BCUT2D eigenvalue weighted by atomic mass is 31.2. The van der Waals surface area contributed by atoms with Gasteiger partial charge in [-0.3, -0.25) is 9.48 Å². The number of pyridine rings is 1. The van der Waals surface area contributed by atoms with Gasteiger partial charge in [0.2, 0.25) is 5.91 Å². The predicted octanol–water partition coefficient (Wildman–Crippen LogP) is 2.92. The van der Waals surface area contributed by atoms with Crippen molar-refractivity contribution in [2.24, 2.45) is 13.0 Å². The molecule has 3 heterocycles. The highest BCUT2D eigenvalue weighted by molar-refractivity contribution is 7.70. The molecule has 1 fully saturated rings. The van der Waals surface area contributed by atoms with E-state index in [9.17, 15) is 9.36 Å². The molecule has 10 heteroatoms. The molecular formula is C20H24N7O2P. The average Bonchev–Trinajstić information content (AvgIpc) is 3.48. The van der Waals surface area contributed by atoms with Gasteiger partial charge in [0.25, 0.3) is 0 Å². The lowest BCUT2D eigenvalue weighted by Crippen LogP contribution is -2.15. The van der Waals surface area contributed by atoms with E-state index in [1.807, 2.05) is 20.0 Å². The van der Waals surface area contributed by atoms with Gasteiger partial charge in [-0.2, -0.15) is 5.10 Å². The molecule has 0 aliphatic heterocycles. The summed E-state index contributed by atoms with van der Waals surface area (Å²) in [5, 5.41) is 10.8. The van der Waals surface area contributed by atoms with Crippen LogP contribution in [0.5, 0.6) is 0 Å². The minimum absolute atomic E-state index is 0.0266. The lowest BCUT2D eigenvalue weighted by Gasteiger charge is -2.15. The third kappa shape index (κ3) is 4.26. The minimum Gasteiger partial charge on any atom is -0.324 e. The van der Waals surface area contributed by atoms with Crippen molar-refractivity contribution in [2.75, 3.05) is 24.0 Å². The predicted molar refractivity (Wildman–Crippen MR) is 117 cm³/mol. The zero-order valence-electron chi connectivity index (χ0n) is 17.4. The van der Waals surface area contributed by atoms with E-state index in [4.69, 9.17) is 0 Å². The third-order valence-corrected chi connectivity index (χ3v) is 6.61. The van der Waals surface area contributed by atoms with Crippen molar-refractivity contribution in [3.8, 4) is 11.1 Å². The van der Waals surface area contributed by atoms with Crippen LogP contribution in [-0.4, -0.2) is 44.0 Å². The molecule has 0 spiro atoms. The second-order valence-corrected chi connectivity index (χ2v) is 11.1. The zero-order chi connectivity index (χ0) is 21.5. The molecule has 0 bridgehead atoms. The average molecular weight is 425 g/mol. The molecule has 1 aliphatic carbocycles. The lowest BCUT2D eigenvalue weighted by molar-refractivity contribution is -0.117. The Hall–Kier alpha value is -3.06. The second kappa shape index (κ2) is 7.65. The summed E-state index contributed by atoms with van der Waals surface area (Å²) in [7, 11) is -0.776. The Kier molecular flexibility index (Phi) is 5.15. The molecule has 30 heavy (non-hydrogen) atoms. The summed E-state index contributed by atoms with van der Waals surface area (Å²) in [4.78, 5) is 24.8. The maximum absolute atomic E-state index is 13.0. The van der Waals surface area contributed by atoms with Crippen molar-refractivity contribution in [3.05, 3.63) is 36.5 Å². The summed E-state index contributed by atoms with van der Waals surface area (Å²) in [5.74, 6) is 1.40. The van der Waals surface area contributed by atoms with Crippen molar-refractivity contribution < 1.29 is 9.36 Å². The summed E-state index contributed by atoms with van der Waals surface area (Å²) in [6.45, 7) is 5.39. The number of hydrogen-bond donors (Lipinski definition) is 2. The first-order valence-electron chi connectivity index (χ1n) is 9.67. The van der Waals surface area contributed by atoms with Gasteiger partial charge in [-0.05, 0) is 39.2 Å². The third-order valence-electron chi connectivity index (χ3n) is 5.11. The van der Waals surface area contributed by atoms with Gasteiger partial charge in [0, 0.05) is 42.0 Å². The fourth-order valence-corrected chi connectivity index (χ4v) is 4.15. The molecule has 4 rings (SSSR count). The number of carbonyl (C=O) groups excluding carboxylic acids is 1. The minimum atomic E-state index is -2.65. The maximum atomic E-state index is 13.0. The summed E-state index contributed by atoms with van der Waals surface area (Å²) >= 11 is 0. The lowest BCUT2D eigenvalue weighted by atomic mass is 10.1. The number of hydrogen-bond acceptors (Lipinski definition) is 7. The molecule has 0 aromatic carbocycles. The molecule has 0 saturated heterocycles. The zero-order valence-corrected chi connectivity index (χ0v) is 18.3. The normalized spacial score (nSPS) is 13.9. The van der Waals surface area contributed by atoms with Crippen molar-refractivity contribution in [3.63, 3.8) is 0 Å². The van der Waals surface area contributed by atoms with Gasteiger partial charge in [-0.15, -0.1) is 0 Å². The Balaban J connectivity index is 1.64. The van der Waals surface area contributed by atoms with Crippen molar-refractivity contribution >= 4 is 35.8 Å². The first kappa shape index (κ1) is 20.2. The topological polar surface area (TPSA) is 115 Å². The largest absolute Gasteiger partial charge is 0.324 e. The molecule has 2 N–H and O–H groups in total. The van der Waals surface area contributed by atoms with Gasteiger partial charge in [-0.1, -0.05) is 0 Å². The Morgan fingerprint density at radius 3 is 2.50 bits per heavy atom. The molecular weight excluding hydrogens is 401 g/mol. The number of nitrogens with one attached hydrogen (secondary N) is 2. The van der Waals surface area contributed by atoms with Crippen LogP contribution in [0.1, 0.15) is 18.5 Å².